The standard InChI is InChI=1S/C17H16F3N3O3/c1-10-6-7-21-23(10)12-4-2-11(3-5-12)15(24)22-8-13(16(25)26)14(9-22)17(18,19)20/h2-7,13-14H,8-9H2,1H3,(H,25,26)/t13-,14-/m1/s1. The second-order valence-electron chi connectivity index (χ2n) is 6.23. The fourth-order valence-electron chi connectivity index (χ4n) is 3.12. The summed E-state index contributed by atoms with van der Waals surface area (Å²) >= 11 is 0. The third-order valence-electron chi connectivity index (χ3n) is 4.54. The van der Waals surface area contributed by atoms with Crippen LogP contribution in [0.2, 0.25) is 0 Å². The van der Waals surface area contributed by atoms with Gasteiger partial charge in [0.1, 0.15) is 0 Å². The third kappa shape index (κ3) is 3.29. The number of benzene rings is 1. The van der Waals surface area contributed by atoms with Crippen molar-refractivity contribution in [2.75, 3.05) is 13.1 Å². The molecule has 0 unspecified atom stereocenters. The summed E-state index contributed by atoms with van der Waals surface area (Å²) in [4.78, 5) is 24.6. The van der Waals surface area contributed by atoms with Gasteiger partial charge < -0.3 is 10.0 Å². The quantitative estimate of drug-likeness (QED) is 0.905. The summed E-state index contributed by atoms with van der Waals surface area (Å²) in [5.74, 6) is -5.88. The highest BCUT2D eigenvalue weighted by atomic mass is 19.4. The highest BCUT2D eigenvalue weighted by Crippen LogP contribution is 2.38. The number of aromatic nitrogens is 2. The normalized spacial score (nSPS) is 20.4. The minimum Gasteiger partial charge on any atom is -0.481 e. The summed E-state index contributed by atoms with van der Waals surface area (Å²) in [6.07, 6.45) is -3.04. The van der Waals surface area contributed by atoms with Crippen LogP contribution in [0.5, 0.6) is 0 Å². The lowest BCUT2D eigenvalue weighted by molar-refractivity contribution is -0.187. The molecule has 3 rings (SSSR count). The van der Waals surface area contributed by atoms with Gasteiger partial charge in [-0.05, 0) is 37.3 Å². The molecular weight excluding hydrogens is 351 g/mol. The van der Waals surface area contributed by atoms with Crippen molar-refractivity contribution in [3.05, 3.63) is 47.8 Å². The molecule has 9 heteroatoms. The summed E-state index contributed by atoms with van der Waals surface area (Å²) in [6, 6.07) is 8.08. The van der Waals surface area contributed by atoms with Gasteiger partial charge in [0.15, 0.2) is 0 Å². The van der Waals surface area contributed by atoms with Gasteiger partial charge in [-0.25, -0.2) is 4.68 Å². The van der Waals surface area contributed by atoms with E-state index in [1.54, 1.807) is 23.0 Å². The Morgan fingerprint density at radius 1 is 1.15 bits per heavy atom. The number of alkyl halides is 3. The minimum absolute atomic E-state index is 0.200. The largest absolute Gasteiger partial charge is 0.481 e. The molecule has 0 saturated carbocycles. The molecule has 2 aromatic rings. The summed E-state index contributed by atoms with van der Waals surface area (Å²) < 4.78 is 40.8. The first-order valence-electron chi connectivity index (χ1n) is 7.88. The molecule has 1 saturated heterocycles. The molecule has 1 amide bonds. The zero-order valence-corrected chi connectivity index (χ0v) is 13.8. The molecule has 2 heterocycles. The van der Waals surface area contributed by atoms with Crippen LogP contribution in [-0.2, 0) is 4.79 Å². The number of carbonyl (C=O) groups excluding carboxylic acids is 1. The van der Waals surface area contributed by atoms with E-state index in [-0.39, 0.29) is 5.56 Å². The third-order valence-corrected chi connectivity index (χ3v) is 4.54. The summed E-state index contributed by atoms with van der Waals surface area (Å²) in [5, 5.41) is 13.2. The summed E-state index contributed by atoms with van der Waals surface area (Å²) in [7, 11) is 0. The van der Waals surface area contributed by atoms with Crippen molar-refractivity contribution in [3.8, 4) is 5.69 Å². The number of rotatable bonds is 3. The maximum Gasteiger partial charge on any atom is 0.394 e. The maximum absolute atomic E-state index is 13.0. The molecule has 0 aliphatic carbocycles. The molecule has 1 aromatic carbocycles. The second-order valence-corrected chi connectivity index (χ2v) is 6.23. The molecule has 2 atom stereocenters. The average molecular weight is 367 g/mol. The molecule has 1 aliphatic rings. The number of hydrogen-bond acceptors (Lipinski definition) is 3. The van der Waals surface area contributed by atoms with E-state index in [0.29, 0.717) is 5.69 Å². The number of aryl methyl sites for hydroxylation is 1. The Kier molecular flexibility index (Phi) is 4.47. The van der Waals surface area contributed by atoms with Gasteiger partial charge in [-0.2, -0.15) is 18.3 Å². The van der Waals surface area contributed by atoms with Crippen molar-refractivity contribution in [2.24, 2.45) is 11.8 Å². The molecule has 26 heavy (non-hydrogen) atoms. The first-order chi connectivity index (χ1) is 12.2. The Morgan fingerprint density at radius 2 is 1.81 bits per heavy atom. The Hall–Kier alpha value is -2.84. The zero-order valence-electron chi connectivity index (χ0n) is 13.8. The number of nitrogens with zero attached hydrogens (tertiary/aromatic N) is 3. The van der Waals surface area contributed by atoms with Gasteiger partial charge in [-0.1, -0.05) is 0 Å². The van der Waals surface area contributed by atoms with E-state index in [1.807, 2.05) is 13.0 Å². The monoisotopic (exact) mass is 367 g/mol. The summed E-state index contributed by atoms with van der Waals surface area (Å²) in [6.45, 7) is 0.747. The second kappa shape index (κ2) is 6.47. The van der Waals surface area contributed by atoms with E-state index in [4.69, 9.17) is 5.11 Å². The Balaban J connectivity index is 1.79. The summed E-state index contributed by atoms with van der Waals surface area (Å²) in [5.41, 5.74) is 1.80. The molecule has 0 bridgehead atoms. The van der Waals surface area contributed by atoms with Crippen LogP contribution >= 0.6 is 0 Å². The highest BCUT2D eigenvalue weighted by molar-refractivity contribution is 5.95. The van der Waals surface area contributed by atoms with Gasteiger partial charge in [0.05, 0.1) is 17.5 Å². The number of aliphatic carboxylic acids is 1. The lowest BCUT2D eigenvalue weighted by Crippen LogP contribution is -2.34. The number of hydrogen-bond donors (Lipinski definition) is 1. The molecule has 1 fully saturated rings. The van der Waals surface area contributed by atoms with Crippen LogP contribution in [0.15, 0.2) is 36.5 Å². The topological polar surface area (TPSA) is 75.4 Å². The lowest BCUT2D eigenvalue weighted by Gasteiger charge is -2.18. The predicted molar refractivity (Wildman–Crippen MR) is 84.9 cm³/mol. The fraction of sp³-hybridized carbons (Fsp3) is 0.353. The molecule has 0 radical (unpaired) electrons. The molecular formula is C17H16F3N3O3. The maximum atomic E-state index is 13.0. The molecule has 1 N–H and O–H groups in total. The number of carboxylic acids is 1. The Labute approximate surface area is 146 Å². The SMILES string of the molecule is Cc1ccnn1-c1ccc(C(=O)N2C[C@@H](C(F)(F)F)[C@H](C(=O)O)C2)cc1. The van der Waals surface area contributed by atoms with Crippen LogP contribution in [0.4, 0.5) is 13.2 Å². The van der Waals surface area contributed by atoms with Crippen LogP contribution < -0.4 is 0 Å². The molecule has 138 valence electrons. The predicted octanol–water partition coefficient (Wildman–Crippen LogP) is 2.52. The van der Waals surface area contributed by atoms with Gasteiger partial charge in [-0.15, -0.1) is 0 Å². The molecule has 1 aliphatic heterocycles. The minimum atomic E-state index is -4.67. The van der Waals surface area contributed by atoms with Crippen molar-refractivity contribution in [1.82, 2.24) is 14.7 Å². The van der Waals surface area contributed by atoms with E-state index in [0.717, 1.165) is 10.6 Å². The molecule has 0 spiro atoms. The fourth-order valence-corrected chi connectivity index (χ4v) is 3.12. The van der Waals surface area contributed by atoms with Crippen molar-refractivity contribution < 1.29 is 27.9 Å². The number of carboxylic acid groups (broad SMARTS) is 1. The number of carbonyl (C=O) groups is 2. The van der Waals surface area contributed by atoms with Gasteiger partial charge in [0.2, 0.25) is 0 Å². The lowest BCUT2D eigenvalue weighted by atomic mass is 9.96. The first-order valence-corrected chi connectivity index (χ1v) is 7.88. The Morgan fingerprint density at radius 3 is 2.27 bits per heavy atom. The van der Waals surface area contributed by atoms with E-state index < -0.39 is 43.0 Å². The van der Waals surface area contributed by atoms with Crippen LogP contribution in [-0.4, -0.2) is 50.9 Å². The van der Waals surface area contributed by atoms with Gasteiger partial charge >= 0.3 is 12.1 Å². The van der Waals surface area contributed by atoms with Gasteiger partial charge in [0, 0.05) is 30.5 Å². The van der Waals surface area contributed by atoms with Crippen LogP contribution in [0.3, 0.4) is 0 Å². The van der Waals surface area contributed by atoms with E-state index >= 15 is 0 Å². The smallest absolute Gasteiger partial charge is 0.394 e. The molecule has 6 nitrogen and oxygen atoms in total. The van der Waals surface area contributed by atoms with E-state index in [1.165, 1.54) is 12.1 Å². The van der Waals surface area contributed by atoms with Crippen LogP contribution in [0.25, 0.3) is 5.69 Å². The zero-order chi connectivity index (χ0) is 19.1. The van der Waals surface area contributed by atoms with Crippen molar-refractivity contribution in [3.63, 3.8) is 0 Å². The first kappa shape index (κ1) is 18.0. The highest BCUT2D eigenvalue weighted by Gasteiger charge is 2.53. The van der Waals surface area contributed by atoms with Crippen molar-refractivity contribution in [2.45, 2.75) is 13.1 Å². The average Bonchev–Trinajstić information content (AvgIpc) is 3.20. The number of halogens is 3. The van der Waals surface area contributed by atoms with Crippen molar-refractivity contribution in [1.29, 1.82) is 0 Å². The number of amides is 1. The van der Waals surface area contributed by atoms with E-state index in [2.05, 4.69) is 5.10 Å². The van der Waals surface area contributed by atoms with E-state index in [9.17, 15) is 22.8 Å². The van der Waals surface area contributed by atoms with Crippen molar-refractivity contribution >= 4 is 11.9 Å². The van der Waals surface area contributed by atoms with Gasteiger partial charge in [-0.3, -0.25) is 9.59 Å². The van der Waals surface area contributed by atoms with Crippen LogP contribution in [0.1, 0.15) is 16.1 Å². The van der Waals surface area contributed by atoms with Gasteiger partial charge in [0.25, 0.3) is 5.91 Å². The molecule has 1 aromatic heterocycles. The van der Waals surface area contributed by atoms with Crippen LogP contribution in [0, 0.1) is 18.8 Å². The Bertz CT molecular complexity index is 830. The number of likely N-dealkylation sites (tertiary alicyclic amines) is 1.